The molecule has 0 aliphatic rings. The summed E-state index contributed by atoms with van der Waals surface area (Å²) < 4.78 is 15.3. The normalized spacial score (nSPS) is 10.6. The smallest absolute Gasteiger partial charge is 0.303 e. The monoisotopic (exact) mass is 321 g/mol. The lowest BCUT2D eigenvalue weighted by Crippen LogP contribution is -3.00. The van der Waals surface area contributed by atoms with Crippen molar-refractivity contribution in [1.29, 1.82) is 0 Å². The number of hydrogen-bond acceptors (Lipinski definition) is 2. The maximum absolute atomic E-state index is 13.4. The Morgan fingerprint density at radius 1 is 1.18 bits per heavy atom. The summed E-state index contributed by atoms with van der Waals surface area (Å²) in [7, 11) is 0. The molecule has 0 aliphatic heterocycles. The number of carboxylic acids is 1. The molecular weight excluding hydrogens is 309 g/mol. The minimum absolute atomic E-state index is 0. The fourth-order valence-electron chi connectivity index (χ4n) is 2.57. The van der Waals surface area contributed by atoms with Gasteiger partial charge in [-0.2, -0.15) is 4.40 Å². The zero-order chi connectivity index (χ0) is 15.0. The lowest BCUT2D eigenvalue weighted by molar-refractivity contribution is -0.482. The van der Waals surface area contributed by atoms with Gasteiger partial charge in [0, 0.05) is 24.6 Å². The van der Waals surface area contributed by atoms with Crippen LogP contribution in [0.1, 0.15) is 12.0 Å². The highest BCUT2D eigenvalue weighted by molar-refractivity contribution is 5.86. The largest absolute Gasteiger partial charge is 1.00 e. The molecule has 4 nitrogen and oxygen atoms in total. The number of fused-ring (bicyclic) bond motifs is 3. The van der Waals surface area contributed by atoms with E-state index in [4.69, 9.17) is 5.11 Å². The molecule has 0 amide bonds. The van der Waals surface area contributed by atoms with E-state index < -0.39 is 11.8 Å². The van der Waals surface area contributed by atoms with Gasteiger partial charge in [0.05, 0.1) is 10.9 Å². The maximum atomic E-state index is 13.4. The molecule has 0 radical (unpaired) electrons. The van der Waals surface area contributed by atoms with Crippen LogP contribution in [-0.2, 0) is 11.2 Å². The summed E-state index contributed by atoms with van der Waals surface area (Å²) in [6, 6.07) is 9.63. The quantitative estimate of drug-likeness (QED) is 0.502. The van der Waals surface area contributed by atoms with E-state index in [0.717, 1.165) is 5.52 Å². The third-order valence-electron chi connectivity index (χ3n) is 3.52. The van der Waals surface area contributed by atoms with Gasteiger partial charge in [0.1, 0.15) is 11.6 Å². The first-order valence-electron chi connectivity index (χ1n) is 6.53. The molecule has 22 heavy (non-hydrogen) atoms. The SMILES string of the molecule is O=C(O)CCc1c(O)c2cc(F)ccc2[n+]2ccccc12.[Cl-]. The van der Waals surface area contributed by atoms with Gasteiger partial charge in [0.2, 0.25) is 11.0 Å². The van der Waals surface area contributed by atoms with E-state index >= 15 is 0 Å². The van der Waals surface area contributed by atoms with Crippen molar-refractivity contribution in [3.8, 4) is 5.75 Å². The molecule has 0 atom stereocenters. The number of aliphatic carboxylic acids is 1. The van der Waals surface area contributed by atoms with Gasteiger partial charge in [0.25, 0.3) is 0 Å². The third kappa shape index (κ3) is 2.67. The van der Waals surface area contributed by atoms with Crippen LogP contribution >= 0.6 is 0 Å². The van der Waals surface area contributed by atoms with Gasteiger partial charge in [-0.3, -0.25) is 4.79 Å². The van der Waals surface area contributed by atoms with Gasteiger partial charge in [-0.1, -0.05) is 0 Å². The van der Waals surface area contributed by atoms with Gasteiger partial charge >= 0.3 is 5.97 Å². The first-order chi connectivity index (χ1) is 10.1. The fraction of sp³-hybridized carbons (Fsp3) is 0.125. The molecule has 3 rings (SSSR count). The number of aromatic nitrogens is 1. The molecule has 114 valence electrons. The van der Waals surface area contributed by atoms with E-state index in [1.807, 2.05) is 16.5 Å². The maximum Gasteiger partial charge on any atom is 0.303 e. The summed E-state index contributed by atoms with van der Waals surface area (Å²) >= 11 is 0. The first-order valence-corrected chi connectivity index (χ1v) is 6.53. The van der Waals surface area contributed by atoms with Crippen molar-refractivity contribution >= 4 is 22.4 Å². The average molecular weight is 322 g/mol. The number of carboxylic acid groups (broad SMARTS) is 1. The van der Waals surface area contributed by atoms with Crippen LogP contribution in [0, 0.1) is 5.82 Å². The van der Waals surface area contributed by atoms with Crippen LogP contribution in [0.25, 0.3) is 16.4 Å². The summed E-state index contributed by atoms with van der Waals surface area (Å²) in [5, 5.41) is 19.6. The van der Waals surface area contributed by atoms with Crippen LogP contribution in [0.3, 0.4) is 0 Å². The number of pyridine rings is 2. The molecule has 2 heterocycles. The van der Waals surface area contributed by atoms with E-state index in [1.165, 1.54) is 12.1 Å². The molecule has 6 heteroatoms. The van der Waals surface area contributed by atoms with Gasteiger partial charge in [0.15, 0.2) is 6.20 Å². The molecule has 0 saturated heterocycles. The molecule has 0 bridgehead atoms. The first kappa shape index (κ1) is 16.0. The number of halogens is 2. The summed E-state index contributed by atoms with van der Waals surface area (Å²) in [4.78, 5) is 10.8. The van der Waals surface area contributed by atoms with Crippen LogP contribution in [0.4, 0.5) is 4.39 Å². The molecule has 0 spiro atoms. The third-order valence-corrected chi connectivity index (χ3v) is 3.52. The van der Waals surface area contributed by atoms with E-state index in [1.54, 1.807) is 18.3 Å². The highest BCUT2D eigenvalue weighted by atomic mass is 35.5. The van der Waals surface area contributed by atoms with E-state index in [2.05, 4.69) is 0 Å². The van der Waals surface area contributed by atoms with Crippen molar-refractivity contribution < 1.29 is 36.2 Å². The number of aryl methyl sites for hydroxylation is 1. The fourth-order valence-corrected chi connectivity index (χ4v) is 2.57. The molecule has 2 N–H and O–H groups in total. The van der Waals surface area contributed by atoms with Crippen LogP contribution in [0.5, 0.6) is 5.75 Å². The van der Waals surface area contributed by atoms with E-state index in [9.17, 15) is 14.3 Å². The van der Waals surface area contributed by atoms with Gasteiger partial charge in [-0.05, 0) is 24.6 Å². The number of benzene rings is 1. The second-order valence-corrected chi connectivity index (χ2v) is 4.84. The van der Waals surface area contributed by atoms with Crippen molar-refractivity contribution in [3.63, 3.8) is 0 Å². The average Bonchev–Trinajstić information content (AvgIpc) is 2.47. The Kier molecular flexibility index (Phi) is 4.47. The Morgan fingerprint density at radius 3 is 2.68 bits per heavy atom. The molecule has 0 fully saturated rings. The van der Waals surface area contributed by atoms with Crippen molar-refractivity contribution in [1.82, 2.24) is 0 Å². The van der Waals surface area contributed by atoms with Crippen LogP contribution < -0.4 is 16.8 Å². The molecule has 0 unspecified atom stereocenters. The molecule has 0 saturated carbocycles. The van der Waals surface area contributed by atoms with Gasteiger partial charge in [-0.25, -0.2) is 4.39 Å². The van der Waals surface area contributed by atoms with Gasteiger partial charge < -0.3 is 22.6 Å². The topological polar surface area (TPSA) is 61.6 Å². The summed E-state index contributed by atoms with van der Waals surface area (Å²) in [6.45, 7) is 0. The van der Waals surface area contributed by atoms with Crippen molar-refractivity contribution in [2.45, 2.75) is 12.8 Å². The second kappa shape index (κ2) is 6.15. The van der Waals surface area contributed by atoms with Crippen molar-refractivity contribution in [3.05, 3.63) is 54.0 Å². The predicted octanol–water partition coefficient (Wildman–Crippen LogP) is -0.556. The lowest BCUT2D eigenvalue weighted by Gasteiger charge is -2.07. The minimum atomic E-state index is -0.942. The molecule has 1 aromatic carbocycles. The summed E-state index contributed by atoms with van der Waals surface area (Å²) in [6.07, 6.45) is 1.89. The van der Waals surface area contributed by atoms with Crippen molar-refractivity contribution in [2.75, 3.05) is 0 Å². The highest BCUT2D eigenvalue weighted by Crippen LogP contribution is 2.30. The van der Waals surface area contributed by atoms with Crippen LogP contribution in [0.2, 0.25) is 0 Å². The molecule has 0 aliphatic carbocycles. The summed E-state index contributed by atoms with van der Waals surface area (Å²) in [5.74, 6) is -1.45. The highest BCUT2D eigenvalue weighted by Gasteiger charge is 2.21. The Hall–Kier alpha value is -2.40. The van der Waals surface area contributed by atoms with Crippen LogP contribution in [-0.4, -0.2) is 16.2 Å². The van der Waals surface area contributed by atoms with Crippen molar-refractivity contribution in [2.24, 2.45) is 0 Å². The number of nitrogens with zero attached hydrogens (tertiary/aromatic N) is 1. The van der Waals surface area contributed by atoms with E-state index in [-0.39, 0.29) is 31.0 Å². The Bertz CT molecular complexity index is 867. The number of carbonyl (C=O) groups is 1. The molecule has 3 aromatic rings. The minimum Gasteiger partial charge on any atom is -1.00 e. The Labute approximate surface area is 131 Å². The molecular formula is C16H13ClFNO3. The summed E-state index contributed by atoms with van der Waals surface area (Å²) in [5.41, 5.74) is 1.90. The zero-order valence-electron chi connectivity index (χ0n) is 11.5. The number of aromatic hydroxyl groups is 1. The predicted molar refractivity (Wildman–Crippen MR) is 74.7 cm³/mol. The van der Waals surface area contributed by atoms with E-state index in [0.29, 0.717) is 16.5 Å². The van der Waals surface area contributed by atoms with Crippen LogP contribution in [0.15, 0.2) is 42.6 Å². The second-order valence-electron chi connectivity index (χ2n) is 4.84. The van der Waals surface area contributed by atoms with Gasteiger partial charge in [-0.15, -0.1) is 0 Å². The standard InChI is InChI=1S/C16H12FNO3.ClH/c17-10-4-6-14-12(9-10)16(21)11(5-7-15(19)20)13-3-1-2-8-18(13)14;/h1-4,6,8-9H,5,7H2,(H,19,20);1H. The number of hydrogen-bond donors (Lipinski definition) is 2. The Balaban J connectivity index is 0.00000176. The zero-order valence-corrected chi connectivity index (χ0v) is 12.2. The Morgan fingerprint density at radius 2 is 1.95 bits per heavy atom. The number of rotatable bonds is 3. The molecule has 2 aromatic heterocycles. The lowest BCUT2D eigenvalue weighted by atomic mass is 10.0.